The Kier molecular flexibility index (Phi) is 5.71. The maximum atomic E-state index is 10.8. The third-order valence-corrected chi connectivity index (χ3v) is 4.66. The summed E-state index contributed by atoms with van der Waals surface area (Å²) in [5.41, 5.74) is 4.52. The number of carboxylic acid groups (broad SMARTS) is 1. The summed E-state index contributed by atoms with van der Waals surface area (Å²) in [6.45, 7) is 3.51. The summed E-state index contributed by atoms with van der Waals surface area (Å²) >= 11 is 3.47. The van der Waals surface area contributed by atoms with E-state index < -0.39 is 12.6 Å². The van der Waals surface area contributed by atoms with E-state index in [1.165, 1.54) is 0 Å². The third-order valence-electron chi connectivity index (χ3n) is 3.77. The summed E-state index contributed by atoms with van der Waals surface area (Å²) in [7, 11) is 0. The average Bonchev–Trinajstić information content (AvgIpc) is 2.63. The quantitative estimate of drug-likeness (QED) is 0.591. The van der Waals surface area contributed by atoms with E-state index in [0.717, 1.165) is 26.9 Å². The second-order valence-electron chi connectivity index (χ2n) is 6.06. The number of hydrogen-bond acceptors (Lipinski definition) is 5. The van der Waals surface area contributed by atoms with E-state index in [0.29, 0.717) is 11.6 Å². The molecule has 0 aliphatic rings. The minimum Gasteiger partial charge on any atom is -0.479 e. The van der Waals surface area contributed by atoms with E-state index in [2.05, 4.69) is 31.2 Å². The molecule has 0 atom stereocenters. The van der Waals surface area contributed by atoms with Crippen LogP contribution < -0.4 is 10.1 Å². The summed E-state index contributed by atoms with van der Waals surface area (Å²) in [5, 5.41) is 12.0. The van der Waals surface area contributed by atoms with Crippen molar-refractivity contribution in [3.05, 3.63) is 64.1 Å². The largest absolute Gasteiger partial charge is 0.479 e. The van der Waals surface area contributed by atoms with Crippen LogP contribution >= 0.6 is 15.9 Å². The van der Waals surface area contributed by atoms with Gasteiger partial charge in [-0.15, -0.1) is 0 Å². The molecule has 0 amide bonds. The van der Waals surface area contributed by atoms with Crippen molar-refractivity contribution in [2.24, 2.45) is 0 Å². The van der Waals surface area contributed by atoms with Crippen LogP contribution in [-0.2, 0) is 4.79 Å². The van der Waals surface area contributed by atoms with Crippen LogP contribution in [0.2, 0.25) is 0 Å². The zero-order chi connectivity index (χ0) is 19.4. The van der Waals surface area contributed by atoms with Gasteiger partial charge in [0.25, 0.3) is 0 Å². The number of anilines is 2. The van der Waals surface area contributed by atoms with Crippen LogP contribution in [0.25, 0.3) is 11.3 Å². The van der Waals surface area contributed by atoms with Gasteiger partial charge in [-0.05, 0) is 43.7 Å². The number of ether oxygens (including phenoxy) is 1. The normalized spacial score (nSPS) is 10.5. The van der Waals surface area contributed by atoms with Gasteiger partial charge in [0, 0.05) is 21.8 Å². The van der Waals surface area contributed by atoms with E-state index in [1.807, 2.05) is 56.3 Å². The number of hydrogen-bond donors (Lipinski definition) is 2. The smallest absolute Gasteiger partial charge is 0.341 e. The van der Waals surface area contributed by atoms with Crippen molar-refractivity contribution in [3.8, 4) is 17.1 Å². The van der Waals surface area contributed by atoms with Gasteiger partial charge in [-0.1, -0.05) is 39.7 Å². The highest BCUT2D eigenvalue weighted by molar-refractivity contribution is 9.10. The first kappa shape index (κ1) is 18.8. The second kappa shape index (κ2) is 8.18. The van der Waals surface area contributed by atoms with Gasteiger partial charge in [0.15, 0.2) is 6.61 Å². The number of nitrogens with one attached hydrogen (secondary N) is 1. The fourth-order valence-corrected chi connectivity index (χ4v) is 2.74. The van der Waals surface area contributed by atoms with E-state index in [-0.39, 0.29) is 5.88 Å². The van der Waals surface area contributed by atoms with Crippen molar-refractivity contribution in [1.82, 2.24) is 9.97 Å². The van der Waals surface area contributed by atoms with Crippen molar-refractivity contribution in [2.75, 3.05) is 11.9 Å². The highest BCUT2D eigenvalue weighted by atomic mass is 79.9. The molecule has 2 aromatic carbocycles. The first-order chi connectivity index (χ1) is 12.9. The number of aryl methyl sites for hydroxylation is 2. The van der Waals surface area contributed by atoms with Crippen molar-refractivity contribution in [1.29, 1.82) is 0 Å². The average molecular weight is 428 g/mol. The highest BCUT2D eigenvalue weighted by Crippen LogP contribution is 2.26. The minimum absolute atomic E-state index is 0.195. The number of aromatic nitrogens is 2. The number of halogens is 1. The summed E-state index contributed by atoms with van der Waals surface area (Å²) in [6.07, 6.45) is 0. The van der Waals surface area contributed by atoms with Crippen LogP contribution in [0.1, 0.15) is 11.1 Å². The predicted molar refractivity (Wildman–Crippen MR) is 107 cm³/mol. The lowest BCUT2D eigenvalue weighted by atomic mass is 10.1. The molecule has 7 heteroatoms. The Balaban J connectivity index is 1.98. The molecule has 27 heavy (non-hydrogen) atoms. The molecular weight excluding hydrogens is 410 g/mol. The monoisotopic (exact) mass is 427 g/mol. The fourth-order valence-electron chi connectivity index (χ4n) is 2.49. The lowest BCUT2D eigenvalue weighted by molar-refractivity contribution is -0.139. The van der Waals surface area contributed by atoms with Gasteiger partial charge >= 0.3 is 5.97 Å². The van der Waals surface area contributed by atoms with Crippen LogP contribution in [0.15, 0.2) is 53.0 Å². The Morgan fingerprint density at radius 1 is 1.15 bits per heavy atom. The molecule has 1 aromatic heterocycles. The number of carboxylic acids is 1. The third kappa shape index (κ3) is 5.04. The van der Waals surface area contributed by atoms with Gasteiger partial charge in [-0.25, -0.2) is 9.78 Å². The highest BCUT2D eigenvalue weighted by Gasteiger charge is 2.10. The molecule has 0 unspecified atom stereocenters. The standard InChI is InChI=1S/C20H18BrN3O3/c1-12-4-3-5-14(8-12)17-10-18(27-11-19(25)26)24-20(23-17)22-15-6-7-16(21)13(2)9-15/h3-10H,11H2,1-2H3,(H,25,26)(H,22,23,24). The molecule has 1 heterocycles. The molecule has 0 spiro atoms. The Hall–Kier alpha value is -2.93. The maximum Gasteiger partial charge on any atom is 0.341 e. The molecule has 0 fully saturated rings. The van der Waals surface area contributed by atoms with E-state index in [1.54, 1.807) is 6.07 Å². The summed E-state index contributed by atoms with van der Waals surface area (Å²) in [5.74, 6) is -0.542. The minimum atomic E-state index is -1.07. The van der Waals surface area contributed by atoms with Crippen molar-refractivity contribution < 1.29 is 14.6 Å². The fraction of sp³-hybridized carbons (Fsp3) is 0.150. The molecule has 0 aliphatic carbocycles. The maximum absolute atomic E-state index is 10.8. The van der Waals surface area contributed by atoms with Crippen LogP contribution in [0, 0.1) is 13.8 Å². The molecule has 0 aliphatic heterocycles. The summed E-state index contributed by atoms with van der Waals surface area (Å²) in [6, 6.07) is 15.3. The van der Waals surface area contributed by atoms with Crippen LogP contribution in [0.5, 0.6) is 5.88 Å². The summed E-state index contributed by atoms with van der Waals surface area (Å²) < 4.78 is 6.29. The van der Waals surface area contributed by atoms with Crippen LogP contribution in [-0.4, -0.2) is 27.7 Å². The molecule has 0 saturated carbocycles. The number of benzene rings is 2. The Labute approximate surface area is 165 Å². The van der Waals surface area contributed by atoms with Gasteiger partial charge in [-0.2, -0.15) is 4.98 Å². The molecular formula is C20H18BrN3O3. The van der Waals surface area contributed by atoms with Gasteiger partial charge in [0.2, 0.25) is 11.8 Å². The van der Waals surface area contributed by atoms with Gasteiger partial charge < -0.3 is 15.2 Å². The Morgan fingerprint density at radius 3 is 2.67 bits per heavy atom. The number of nitrogens with zero attached hydrogens (tertiary/aromatic N) is 2. The molecule has 0 saturated heterocycles. The second-order valence-corrected chi connectivity index (χ2v) is 6.91. The lowest BCUT2D eigenvalue weighted by Crippen LogP contribution is -2.11. The SMILES string of the molecule is Cc1cccc(-c2cc(OCC(=O)O)nc(Nc3ccc(Br)c(C)c3)n2)c1. The molecule has 3 rings (SSSR count). The van der Waals surface area contributed by atoms with Crippen LogP contribution in [0.3, 0.4) is 0 Å². The van der Waals surface area contributed by atoms with E-state index in [4.69, 9.17) is 9.84 Å². The molecule has 6 nitrogen and oxygen atoms in total. The topological polar surface area (TPSA) is 84.3 Å². The first-order valence-corrected chi connectivity index (χ1v) is 9.04. The van der Waals surface area contributed by atoms with Gasteiger partial charge in [-0.3, -0.25) is 0 Å². The molecule has 2 N–H and O–H groups in total. The lowest BCUT2D eigenvalue weighted by Gasteiger charge is -2.11. The van der Waals surface area contributed by atoms with Gasteiger partial charge in [0.05, 0.1) is 5.69 Å². The zero-order valence-electron chi connectivity index (χ0n) is 14.9. The molecule has 138 valence electrons. The molecule has 0 bridgehead atoms. The van der Waals surface area contributed by atoms with E-state index in [9.17, 15) is 4.79 Å². The van der Waals surface area contributed by atoms with Gasteiger partial charge in [0.1, 0.15) is 0 Å². The van der Waals surface area contributed by atoms with Crippen molar-refractivity contribution >= 4 is 33.5 Å². The number of carbonyl (C=O) groups is 1. The molecule has 0 radical (unpaired) electrons. The predicted octanol–water partition coefficient (Wildman–Crippen LogP) is 4.73. The number of rotatable bonds is 6. The zero-order valence-corrected chi connectivity index (χ0v) is 16.4. The van der Waals surface area contributed by atoms with Crippen molar-refractivity contribution in [3.63, 3.8) is 0 Å². The van der Waals surface area contributed by atoms with Crippen LogP contribution in [0.4, 0.5) is 11.6 Å². The number of aliphatic carboxylic acids is 1. The first-order valence-electron chi connectivity index (χ1n) is 8.24. The Bertz CT molecular complexity index is 992. The molecule has 3 aromatic rings. The van der Waals surface area contributed by atoms with E-state index >= 15 is 0 Å². The Morgan fingerprint density at radius 2 is 1.96 bits per heavy atom. The summed E-state index contributed by atoms with van der Waals surface area (Å²) in [4.78, 5) is 19.7. The van der Waals surface area contributed by atoms with Crippen molar-refractivity contribution in [2.45, 2.75) is 13.8 Å².